The minimum Gasteiger partial charge on any atom is -0.379 e. The highest BCUT2D eigenvalue weighted by Gasteiger charge is 2.09. The standard InChI is InChI=1S/C6H7NO3/c1-4-2-5(7-10-4)6(9)3-8/h2-3,6,9H,1H3. The van der Waals surface area contributed by atoms with Crippen LogP contribution in [0.3, 0.4) is 0 Å². The van der Waals surface area contributed by atoms with Crippen LogP contribution in [-0.2, 0) is 4.79 Å². The van der Waals surface area contributed by atoms with E-state index in [4.69, 9.17) is 5.11 Å². The van der Waals surface area contributed by atoms with Crippen molar-refractivity contribution >= 4 is 6.29 Å². The molecular weight excluding hydrogens is 134 g/mol. The lowest BCUT2D eigenvalue weighted by Gasteiger charge is -1.91. The molecule has 1 rings (SSSR count). The number of carbonyl (C=O) groups is 1. The fraction of sp³-hybridized carbons (Fsp3) is 0.333. The molecule has 0 saturated heterocycles. The summed E-state index contributed by atoms with van der Waals surface area (Å²) in [7, 11) is 0. The van der Waals surface area contributed by atoms with Gasteiger partial charge in [0, 0.05) is 6.07 Å². The number of hydrogen-bond donors (Lipinski definition) is 1. The monoisotopic (exact) mass is 141 g/mol. The first-order chi connectivity index (χ1) is 4.74. The maximum absolute atomic E-state index is 9.98. The number of carbonyl (C=O) groups excluding carboxylic acids is 1. The Morgan fingerprint density at radius 1 is 1.90 bits per heavy atom. The van der Waals surface area contributed by atoms with Gasteiger partial charge in [-0.15, -0.1) is 0 Å². The Kier molecular flexibility index (Phi) is 1.82. The summed E-state index contributed by atoms with van der Waals surface area (Å²) in [5.74, 6) is 0.580. The molecule has 1 aromatic heterocycles. The first-order valence-electron chi connectivity index (χ1n) is 2.80. The predicted octanol–water partition coefficient (Wildman–Crippen LogP) is 0.215. The van der Waals surface area contributed by atoms with Crippen LogP contribution in [0.5, 0.6) is 0 Å². The molecular formula is C6H7NO3. The lowest BCUT2D eigenvalue weighted by molar-refractivity contribution is -0.115. The summed E-state index contributed by atoms with van der Waals surface area (Å²) in [6.07, 6.45) is -0.755. The highest BCUT2D eigenvalue weighted by Crippen LogP contribution is 2.09. The fourth-order valence-corrected chi connectivity index (χ4v) is 0.595. The second-order valence-electron chi connectivity index (χ2n) is 1.94. The Bertz CT molecular complexity index is 231. The molecule has 10 heavy (non-hydrogen) atoms. The van der Waals surface area contributed by atoms with Crippen molar-refractivity contribution in [2.24, 2.45) is 0 Å². The van der Waals surface area contributed by atoms with E-state index in [0.717, 1.165) is 0 Å². The number of hydrogen-bond acceptors (Lipinski definition) is 4. The smallest absolute Gasteiger partial charge is 0.154 e. The summed E-state index contributed by atoms with van der Waals surface area (Å²) in [5.41, 5.74) is 0.257. The van der Waals surface area contributed by atoms with E-state index in [9.17, 15) is 4.79 Å². The van der Waals surface area contributed by atoms with E-state index < -0.39 is 6.10 Å². The number of aliphatic hydroxyl groups excluding tert-OH is 1. The molecule has 54 valence electrons. The summed E-state index contributed by atoms with van der Waals surface area (Å²) in [4.78, 5) is 9.98. The Hall–Kier alpha value is -1.16. The van der Waals surface area contributed by atoms with Crippen molar-refractivity contribution in [3.8, 4) is 0 Å². The van der Waals surface area contributed by atoms with Crippen LogP contribution in [-0.4, -0.2) is 16.5 Å². The van der Waals surface area contributed by atoms with E-state index in [1.54, 1.807) is 6.92 Å². The zero-order chi connectivity index (χ0) is 7.56. The predicted molar refractivity (Wildman–Crippen MR) is 32.3 cm³/mol. The molecule has 4 heteroatoms. The van der Waals surface area contributed by atoms with E-state index in [-0.39, 0.29) is 5.69 Å². The highest BCUT2D eigenvalue weighted by molar-refractivity contribution is 5.57. The summed E-state index contributed by atoms with van der Waals surface area (Å²) < 4.78 is 4.62. The summed E-state index contributed by atoms with van der Waals surface area (Å²) in [6, 6.07) is 1.51. The van der Waals surface area contributed by atoms with Gasteiger partial charge in [-0.05, 0) is 6.92 Å². The third-order valence-corrected chi connectivity index (χ3v) is 1.08. The van der Waals surface area contributed by atoms with Crippen LogP contribution >= 0.6 is 0 Å². The Balaban J connectivity index is 2.84. The van der Waals surface area contributed by atoms with Crippen LogP contribution in [0.25, 0.3) is 0 Å². The maximum atomic E-state index is 9.98. The molecule has 0 saturated carbocycles. The van der Waals surface area contributed by atoms with Gasteiger partial charge in [0.2, 0.25) is 0 Å². The van der Waals surface area contributed by atoms with Gasteiger partial charge in [-0.1, -0.05) is 5.16 Å². The topological polar surface area (TPSA) is 63.3 Å². The molecule has 0 aliphatic rings. The van der Waals surface area contributed by atoms with Crippen molar-refractivity contribution in [3.63, 3.8) is 0 Å². The maximum Gasteiger partial charge on any atom is 0.154 e. The van der Waals surface area contributed by atoms with Gasteiger partial charge in [0.25, 0.3) is 0 Å². The average Bonchev–Trinajstić information content (AvgIpc) is 2.34. The van der Waals surface area contributed by atoms with Crippen LogP contribution in [0.15, 0.2) is 10.6 Å². The van der Waals surface area contributed by atoms with E-state index in [0.29, 0.717) is 12.0 Å². The van der Waals surface area contributed by atoms with Crippen LogP contribution in [0.2, 0.25) is 0 Å². The highest BCUT2D eigenvalue weighted by atomic mass is 16.5. The van der Waals surface area contributed by atoms with E-state index in [1.165, 1.54) is 6.07 Å². The van der Waals surface area contributed by atoms with Crippen molar-refractivity contribution in [1.82, 2.24) is 5.16 Å². The molecule has 0 spiro atoms. The largest absolute Gasteiger partial charge is 0.379 e. The number of rotatable bonds is 2. The van der Waals surface area contributed by atoms with E-state index in [1.807, 2.05) is 0 Å². The quantitative estimate of drug-likeness (QED) is 0.598. The molecule has 0 fully saturated rings. The van der Waals surface area contributed by atoms with Gasteiger partial charge in [-0.2, -0.15) is 0 Å². The fourth-order valence-electron chi connectivity index (χ4n) is 0.595. The van der Waals surface area contributed by atoms with Gasteiger partial charge in [0.05, 0.1) is 0 Å². The molecule has 4 nitrogen and oxygen atoms in total. The van der Waals surface area contributed by atoms with Gasteiger partial charge in [-0.3, -0.25) is 0 Å². The van der Waals surface area contributed by atoms with Crippen molar-refractivity contribution in [1.29, 1.82) is 0 Å². The van der Waals surface area contributed by atoms with Gasteiger partial charge in [-0.25, -0.2) is 0 Å². The van der Waals surface area contributed by atoms with Crippen LogP contribution in [0, 0.1) is 6.92 Å². The van der Waals surface area contributed by atoms with Crippen molar-refractivity contribution < 1.29 is 14.4 Å². The molecule has 1 atom stereocenters. The molecule has 0 aromatic carbocycles. The van der Waals surface area contributed by atoms with Crippen molar-refractivity contribution in [2.75, 3.05) is 0 Å². The third kappa shape index (κ3) is 1.22. The van der Waals surface area contributed by atoms with Crippen molar-refractivity contribution in [3.05, 3.63) is 17.5 Å². The van der Waals surface area contributed by atoms with Gasteiger partial charge < -0.3 is 14.4 Å². The number of aromatic nitrogens is 1. The second-order valence-corrected chi connectivity index (χ2v) is 1.94. The number of aryl methyl sites for hydroxylation is 1. The third-order valence-electron chi connectivity index (χ3n) is 1.08. The molecule has 0 amide bonds. The number of nitrogens with zero attached hydrogens (tertiary/aromatic N) is 1. The normalized spacial score (nSPS) is 13.0. The minimum absolute atomic E-state index is 0.257. The second kappa shape index (κ2) is 2.62. The average molecular weight is 141 g/mol. The zero-order valence-electron chi connectivity index (χ0n) is 5.44. The molecule has 1 N–H and O–H groups in total. The molecule has 1 aromatic rings. The van der Waals surface area contributed by atoms with Crippen LogP contribution in [0.4, 0.5) is 0 Å². The molecule has 1 heterocycles. The van der Waals surface area contributed by atoms with Crippen molar-refractivity contribution in [2.45, 2.75) is 13.0 Å². The first kappa shape index (κ1) is 6.95. The first-order valence-corrected chi connectivity index (χ1v) is 2.80. The summed E-state index contributed by atoms with van der Waals surface area (Å²) >= 11 is 0. The van der Waals surface area contributed by atoms with Crippen LogP contribution < -0.4 is 0 Å². The summed E-state index contributed by atoms with van der Waals surface area (Å²) in [5, 5.41) is 12.3. The van der Waals surface area contributed by atoms with E-state index >= 15 is 0 Å². The molecule has 0 aliphatic heterocycles. The van der Waals surface area contributed by atoms with Crippen LogP contribution in [0.1, 0.15) is 17.6 Å². The number of aldehydes is 1. The van der Waals surface area contributed by atoms with Gasteiger partial charge in [0.15, 0.2) is 12.4 Å². The SMILES string of the molecule is Cc1cc(C(O)C=O)no1. The lowest BCUT2D eigenvalue weighted by Crippen LogP contribution is -1.97. The Morgan fingerprint density at radius 2 is 2.60 bits per heavy atom. The summed E-state index contributed by atoms with van der Waals surface area (Å²) in [6.45, 7) is 1.69. The lowest BCUT2D eigenvalue weighted by atomic mass is 10.3. The Labute approximate surface area is 57.4 Å². The Morgan fingerprint density at radius 3 is 3.00 bits per heavy atom. The molecule has 1 unspecified atom stereocenters. The van der Waals surface area contributed by atoms with Gasteiger partial charge >= 0.3 is 0 Å². The molecule has 0 bridgehead atoms. The number of aliphatic hydroxyl groups is 1. The molecule has 0 aliphatic carbocycles. The van der Waals surface area contributed by atoms with E-state index in [2.05, 4.69) is 9.68 Å². The molecule has 0 radical (unpaired) electrons. The minimum atomic E-state index is -1.16. The van der Waals surface area contributed by atoms with Gasteiger partial charge in [0.1, 0.15) is 11.5 Å². The zero-order valence-corrected chi connectivity index (χ0v) is 5.44.